The number of hydrogen-bond acceptors (Lipinski definition) is 5. The fourth-order valence-corrected chi connectivity index (χ4v) is 2.74. The molecular formula is C20H22N6OS. The topological polar surface area (TPSA) is 87.4 Å². The molecule has 0 saturated heterocycles. The summed E-state index contributed by atoms with van der Waals surface area (Å²) in [5.74, 6) is 1.61. The molecule has 7 nitrogen and oxygen atoms in total. The first kappa shape index (κ1) is 19.5. The number of nitrogens with one attached hydrogen (secondary N) is 3. The molecule has 0 atom stereocenters. The fourth-order valence-electron chi connectivity index (χ4n) is 2.53. The highest BCUT2D eigenvalue weighted by molar-refractivity contribution is 7.80. The molecule has 1 aromatic carbocycles. The maximum absolute atomic E-state index is 5.45. The number of aliphatic imine (C=N–C) groups is 1. The van der Waals surface area contributed by atoms with E-state index in [4.69, 9.17) is 16.6 Å². The maximum Gasteiger partial charge on any atom is 0.229 e. The van der Waals surface area contributed by atoms with Crippen LogP contribution in [0.5, 0.6) is 0 Å². The van der Waals surface area contributed by atoms with Crippen molar-refractivity contribution >= 4 is 34.9 Å². The molecular weight excluding hydrogens is 372 g/mol. The van der Waals surface area contributed by atoms with E-state index in [1.807, 2.05) is 63.2 Å². The molecule has 0 bridgehead atoms. The summed E-state index contributed by atoms with van der Waals surface area (Å²) in [5, 5.41) is 9.77. The number of hydrogen-bond donors (Lipinski definition) is 3. The van der Waals surface area contributed by atoms with Crippen molar-refractivity contribution < 1.29 is 4.42 Å². The van der Waals surface area contributed by atoms with Crippen LogP contribution in [0.3, 0.4) is 0 Å². The summed E-state index contributed by atoms with van der Waals surface area (Å²) < 4.78 is 5.35. The molecule has 0 aliphatic heterocycles. The van der Waals surface area contributed by atoms with Crippen molar-refractivity contribution in [2.24, 2.45) is 4.99 Å². The van der Waals surface area contributed by atoms with Crippen LogP contribution in [-0.2, 0) is 6.54 Å². The van der Waals surface area contributed by atoms with E-state index in [-0.39, 0.29) is 0 Å². The summed E-state index contributed by atoms with van der Waals surface area (Å²) in [4.78, 5) is 13.3. The fraction of sp³-hybridized carbons (Fsp3) is 0.200. The largest absolute Gasteiger partial charge is 0.467 e. The zero-order chi connectivity index (χ0) is 19.9. The van der Waals surface area contributed by atoms with Crippen LogP contribution in [0.4, 0.5) is 11.6 Å². The second-order valence-corrected chi connectivity index (χ2v) is 6.65. The Kier molecular flexibility index (Phi) is 6.33. The molecule has 3 N–H and O–H groups in total. The normalized spacial score (nSPS) is 11.2. The van der Waals surface area contributed by atoms with Gasteiger partial charge in [-0.2, -0.15) is 0 Å². The lowest BCUT2D eigenvalue weighted by atomic mass is 10.2. The van der Waals surface area contributed by atoms with E-state index in [0.717, 1.165) is 28.4 Å². The molecule has 8 heteroatoms. The minimum Gasteiger partial charge on any atom is -0.467 e. The summed E-state index contributed by atoms with van der Waals surface area (Å²) in [6, 6.07) is 13.5. The molecule has 28 heavy (non-hydrogen) atoms. The third-order valence-corrected chi connectivity index (χ3v) is 4.01. The van der Waals surface area contributed by atoms with Gasteiger partial charge in [-0.3, -0.25) is 5.32 Å². The molecule has 0 amide bonds. The zero-order valence-corrected chi connectivity index (χ0v) is 16.8. The average Bonchev–Trinajstić information content (AvgIpc) is 3.14. The van der Waals surface area contributed by atoms with Gasteiger partial charge in [-0.1, -0.05) is 18.2 Å². The van der Waals surface area contributed by atoms with Crippen LogP contribution < -0.4 is 16.0 Å². The first-order valence-corrected chi connectivity index (χ1v) is 9.20. The van der Waals surface area contributed by atoms with Gasteiger partial charge in [-0.25, -0.2) is 15.0 Å². The van der Waals surface area contributed by atoms with Gasteiger partial charge in [0.1, 0.15) is 12.3 Å². The van der Waals surface area contributed by atoms with E-state index >= 15 is 0 Å². The van der Waals surface area contributed by atoms with Crippen LogP contribution in [0.2, 0.25) is 0 Å². The molecule has 0 aliphatic carbocycles. The van der Waals surface area contributed by atoms with Crippen LogP contribution in [-0.4, -0.2) is 21.0 Å². The predicted octanol–water partition coefficient (Wildman–Crippen LogP) is 3.95. The number of para-hydroxylation sites is 1. The number of nitrogens with zero attached hydrogens (tertiary/aromatic N) is 3. The van der Waals surface area contributed by atoms with Crippen LogP contribution in [0.25, 0.3) is 0 Å². The van der Waals surface area contributed by atoms with Crippen molar-refractivity contribution in [2.45, 2.75) is 27.3 Å². The number of rotatable bonds is 4. The van der Waals surface area contributed by atoms with Crippen molar-refractivity contribution in [1.82, 2.24) is 15.3 Å². The van der Waals surface area contributed by atoms with Crippen molar-refractivity contribution in [1.29, 1.82) is 0 Å². The third kappa shape index (κ3) is 5.62. The van der Waals surface area contributed by atoms with Crippen molar-refractivity contribution in [3.63, 3.8) is 0 Å². The van der Waals surface area contributed by atoms with Gasteiger partial charge in [0, 0.05) is 17.1 Å². The van der Waals surface area contributed by atoms with Crippen LogP contribution >= 0.6 is 12.2 Å². The summed E-state index contributed by atoms with van der Waals surface area (Å²) in [6.07, 6.45) is 1.61. The lowest BCUT2D eigenvalue weighted by Gasteiger charge is -2.15. The Balaban J connectivity index is 1.76. The van der Waals surface area contributed by atoms with Crippen LogP contribution in [0.15, 0.2) is 58.1 Å². The minimum atomic E-state index is 0.347. The average molecular weight is 395 g/mol. The Hall–Kier alpha value is -3.26. The molecule has 0 saturated carbocycles. The van der Waals surface area contributed by atoms with E-state index in [9.17, 15) is 0 Å². The van der Waals surface area contributed by atoms with Crippen molar-refractivity contribution in [3.05, 3.63) is 71.4 Å². The molecule has 2 heterocycles. The van der Waals surface area contributed by atoms with Crippen LogP contribution in [0, 0.1) is 20.8 Å². The van der Waals surface area contributed by atoms with Gasteiger partial charge in [0.05, 0.1) is 6.26 Å². The molecule has 3 aromatic rings. The Morgan fingerprint density at radius 1 is 1.04 bits per heavy atom. The molecule has 3 rings (SSSR count). The summed E-state index contributed by atoms with van der Waals surface area (Å²) in [7, 11) is 0. The number of aryl methyl sites for hydroxylation is 3. The molecule has 0 spiro atoms. The maximum atomic E-state index is 5.45. The number of aromatic nitrogens is 2. The van der Waals surface area contributed by atoms with Gasteiger partial charge in [-0.05, 0) is 62.8 Å². The van der Waals surface area contributed by atoms with Gasteiger partial charge in [0.25, 0.3) is 0 Å². The molecule has 0 aliphatic rings. The van der Waals surface area contributed by atoms with Gasteiger partial charge >= 0.3 is 0 Å². The van der Waals surface area contributed by atoms with E-state index in [2.05, 4.69) is 30.9 Å². The molecule has 144 valence electrons. The van der Waals surface area contributed by atoms with Crippen molar-refractivity contribution in [2.75, 3.05) is 10.6 Å². The predicted molar refractivity (Wildman–Crippen MR) is 116 cm³/mol. The van der Waals surface area contributed by atoms with Crippen molar-refractivity contribution in [3.8, 4) is 0 Å². The second kappa shape index (κ2) is 9.09. The standard InChI is InChI=1S/C20H22N6OS/c1-13-7-4-5-9-17(13)24-20(28)26-18(21-12-16-8-6-10-27-16)25-19-22-14(2)11-15(3)23-19/h4-11H,12H2,1-3H3,(H3,21,22,23,24,25,26,28). The Morgan fingerprint density at radius 2 is 1.79 bits per heavy atom. The lowest BCUT2D eigenvalue weighted by molar-refractivity contribution is 0.512. The number of guanidine groups is 1. The number of furan rings is 1. The van der Waals surface area contributed by atoms with Gasteiger partial charge < -0.3 is 15.1 Å². The lowest BCUT2D eigenvalue weighted by Crippen LogP contribution is -2.39. The Morgan fingerprint density at radius 3 is 2.46 bits per heavy atom. The quantitative estimate of drug-likeness (QED) is 0.351. The highest BCUT2D eigenvalue weighted by Gasteiger charge is 2.08. The molecule has 0 fully saturated rings. The zero-order valence-electron chi connectivity index (χ0n) is 16.0. The minimum absolute atomic E-state index is 0.347. The van der Waals surface area contributed by atoms with Gasteiger partial charge in [0.15, 0.2) is 5.11 Å². The SMILES string of the molecule is Cc1cc(C)nc(NC(=NCc2ccco2)NC(=S)Nc2ccccc2C)n1. The molecule has 0 unspecified atom stereocenters. The summed E-state index contributed by atoms with van der Waals surface area (Å²) >= 11 is 5.45. The number of anilines is 2. The van der Waals surface area contributed by atoms with Gasteiger partial charge in [0.2, 0.25) is 11.9 Å². The summed E-state index contributed by atoms with van der Waals surface area (Å²) in [6.45, 7) is 6.19. The summed E-state index contributed by atoms with van der Waals surface area (Å²) in [5.41, 5.74) is 3.74. The van der Waals surface area contributed by atoms with E-state index in [0.29, 0.717) is 23.6 Å². The van der Waals surface area contributed by atoms with E-state index in [1.165, 1.54) is 0 Å². The van der Waals surface area contributed by atoms with Gasteiger partial charge in [-0.15, -0.1) is 0 Å². The first-order valence-electron chi connectivity index (χ1n) is 8.79. The highest BCUT2D eigenvalue weighted by Crippen LogP contribution is 2.13. The molecule has 0 radical (unpaired) electrons. The second-order valence-electron chi connectivity index (χ2n) is 6.24. The Bertz CT molecular complexity index is 964. The van der Waals surface area contributed by atoms with Crippen LogP contribution in [0.1, 0.15) is 22.7 Å². The number of benzene rings is 1. The van der Waals surface area contributed by atoms with E-state index < -0.39 is 0 Å². The third-order valence-electron chi connectivity index (χ3n) is 3.81. The highest BCUT2D eigenvalue weighted by atomic mass is 32.1. The first-order chi connectivity index (χ1) is 13.5. The van der Waals surface area contributed by atoms with E-state index in [1.54, 1.807) is 6.26 Å². The molecule has 2 aromatic heterocycles. The number of thiocarbonyl (C=S) groups is 1. The monoisotopic (exact) mass is 394 g/mol. The Labute approximate surface area is 169 Å². The smallest absolute Gasteiger partial charge is 0.229 e.